The molecule has 3 aliphatic rings. The second-order valence-corrected chi connectivity index (χ2v) is 12.2. The number of imide groups is 1. The van der Waals surface area contributed by atoms with Crippen molar-refractivity contribution in [3.8, 4) is 0 Å². The van der Waals surface area contributed by atoms with Gasteiger partial charge < -0.3 is 4.52 Å². The number of aromatic nitrogens is 1. The number of aryl methyl sites for hydroxylation is 2. The van der Waals surface area contributed by atoms with Crippen LogP contribution in [0.5, 0.6) is 0 Å². The highest BCUT2D eigenvalue weighted by Gasteiger charge is 2.50. The van der Waals surface area contributed by atoms with E-state index in [9.17, 15) is 18.0 Å². The lowest BCUT2D eigenvalue weighted by Gasteiger charge is -2.29. The van der Waals surface area contributed by atoms with Gasteiger partial charge in [0.1, 0.15) is 11.6 Å². The lowest BCUT2D eigenvalue weighted by Crippen LogP contribution is -2.54. The first kappa shape index (κ1) is 22.9. The van der Waals surface area contributed by atoms with Crippen LogP contribution in [0.25, 0.3) is 5.57 Å². The minimum Gasteiger partial charge on any atom is -0.357 e. The van der Waals surface area contributed by atoms with Gasteiger partial charge in [0.2, 0.25) is 10.0 Å². The largest absolute Gasteiger partial charge is 0.501 e. The number of rotatable bonds is 6. The third-order valence-corrected chi connectivity index (χ3v) is 8.96. The van der Waals surface area contributed by atoms with Gasteiger partial charge in [0, 0.05) is 26.9 Å². The number of sulfonamides is 1. The summed E-state index contributed by atoms with van der Waals surface area (Å²) in [6, 6.07) is 4.96. The SMILES string of the molecule is Cc1cc(CN2C(=O)C3C=C(S(=O)(=O)NC4(C)CC4)C=C(c4ccc(C)s4)C3=[N+](C)C2=O)on1. The Hall–Kier alpha value is -2.89. The molecule has 1 atom stereocenters. The number of carbonyl (C=O) groups is 2. The predicted molar refractivity (Wildman–Crippen MR) is 127 cm³/mol. The second kappa shape index (κ2) is 7.82. The third kappa shape index (κ3) is 3.97. The van der Waals surface area contributed by atoms with Crippen molar-refractivity contribution in [2.75, 3.05) is 7.05 Å². The number of allylic oxidation sites excluding steroid dienone is 2. The molecule has 1 saturated carbocycles. The molecule has 34 heavy (non-hydrogen) atoms. The van der Waals surface area contributed by atoms with Gasteiger partial charge in [-0.15, -0.1) is 11.3 Å². The smallest absolute Gasteiger partial charge is 0.357 e. The Labute approximate surface area is 201 Å². The van der Waals surface area contributed by atoms with Crippen LogP contribution in [0.2, 0.25) is 0 Å². The zero-order valence-corrected chi connectivity index (χ0v) is 20.9. The zero-order valence-electron chi connectivity index (χ0n) is 19.3. The fourth-order valence-electron chi connectivity index (χ4n) is 4.21. The molecule has 1 N–H and O–H groups in total. The summed E-state index contributed by atoms with van der Waals surface area (Å²) in [5, 5.41) is 3.82. The molecule has 1 aliphatic heterocycles. The maximum absolute atomic E-state index is 13.6. The lowest BCUT2D eigenvalue weighted by atomic mass is 9.87. The van der Waals surface area contributed by atoms with E-state index in [2.05, 4.69) is 9.88 Å². The highest BCUT2D eigenvalue weighted by molar-refractivity contribution is 7.93. The summed E-state index contributed by atoms with van der Waals surface area (Å²) >= 11 is 1.48. The molecule has 3 heterocycles. The standard InChI is InChI=1S/C23H25N4O5S2/c1-13-9-15(32-24-13)12-27-21(28)18-11-16(34(30,31)25-23(3)7-8-23)10-17(19-6-5-14(2)33-19)20(18)26(4)22(27)29/h5-6,9-11,18,25H,7-8,12H2,1-4H3/q+1. The van der Waals surface area contributed by atoms with E-state index in [1.807, 2.05) is 26.0 Å². The molecule has 2 aromatic rings. The maximum atomic E-state index is 13.6. The number of carbonyl (C=O) groups excluding carboxylic acids is 2. The molecule has 178 valence electrons. The Morgan fingerprint density at radius 1 is 1.29 bits per heavy atom. The fourth-order valence-corrected chi connectivity index (χ4v) is 6.66. The fraction of sp³-hybridized carbons (Fsp3) is 0.391. The summed E-state index contributed by atoms with van der Waals surface area (Å²) in [6.07, 6.45) is 4.54. The number of nitrogens with one attached hydrogen (secondary N) is 1. The molecule has 0 radical (unpaired) electrons. The molecular formula is C23H25N4O5S2+. The van der Waals surface area contributed by atoms with Crippen LogP contribution in [-0.2, 0) is 21.4 Å². The molecule has 0 aromatic carbocycles. The van der Waals surface area contributed by atoms with Crippen LogP contribution < -0.4 is 4.72 Å². The van der Waals surface area contributed by atoms with Crippen LogP contribution >= 0.6 is 11.3 Å². The topological polar surface area (TPSA) is 113 Å². The van der Waals surface area contributed by atoms with E-state index in [4.69, 9.17) is 4.52 Å². The monoisotopic (exact) mass is 501 g/mol. The van der Waals surface area contributed by atoms with E-state index in [-0.39, 0.29) is 11.4 Å². The Morgan fingerprint density at radius 3 is 2.62 bits per heavy atom. The van der Waals surface area contributed by atoms with Gasteiger partial charge in [0.05, 0.1) is 17.6 Å². The zero-order chi connectivity index (χ0) is 24.4. The summed E-state index contributed by atoms with van der Waals surface area (Å²) in [4.78, 5) is 29.8. The van der Waals surface area contributed by atoms with Gasteiger partial charge in [0.15, 0.2) is 12.3 Å². The van der Waals surface area contributed by atoms with Gasteiger partial charge in [-0.05, 0) is 57.9 Å². The van der Waals surface area contributed by atoms with Crippen molar-refractivity contribution in [1.82, 2.24) is 14.8 Å². The first-order valence-corrected chi connectivity index (χ1v) is 13.2. The summed E-state index contributed by atoms with van der Waals surface area (Å²) in [7, 11) is -2.27. The Kier molecular flexibility index (Phi) is 5.26. The Morgan fingerprint density at radius 2 is 2.03 bits per heavy atom. The lowest BCUT2D eigenvalue weighted by molar-refractivity contribution is -0.406. The van der Waals surface area contributed by atoms with E-state index in [0.717, 1.165) is 27.5 Å². The van der Waals surface area contributed by atoms with Gasteiger partial charge in [-0.25, -0.2) is 17.9 Å². The number of thiophene rings is 1. The normalized spacial score (nSPS) is 22.0. The Bertz CT molecular complexity index is 1420. The van der Waals surface area contributed by atoms with E-state index < -0.39 is 33.4 Å². The van der Waals surface area contributed by atoms with Gasteiger partial charge in [-0.1, -0.05) is 5.16 Å². The Balaban J connectivity index is 1.62. The van der Waals surface area contributed by atoms with Crippen molar-refractivity contribution in [3.05, 3.63) is 56.5 Å². The van der Waals surface area contributed by atoms with Crippen LogP contribution in [0.15, 0.2) is 39.8 Å². The molecule has 9 nitrogen and oxygen atoms in total. The summed E-state index contributed by atoms with van der Waals surface area (Å²) in [5.41, 5.74) is 1.21. The predicted octanol–water partition coefficient (Wildman–Crippen LogP) is 2.97. The first-order valence-electron chi connectivity index (χ1n) is 10.9. The van der Waals surface area contributed by atoms with Crippen molar-refractivity contribution in [3.63, 3.8) is 0 Å². The maximum Gasteiger partial charge on any atom is 0.501 e. The van der Waals surface area contributed by atoms with Crippen LogP contribution in [0.1, 0.15) is 41.0 Å². The molecule has 0 spiro atoms. The van der Waals surface area contributed by atoms with Crippen LogP contribution in [-0.4, -0.2) is 53.3 Å². The molecule has 1 fully saturated rings. The summed E-state index contributed by atoms with van der Waals surface area (Å²) < 4.78 is 35.9. The number of fused-ring (bicyclic) bond motifs is 1. The van der Waals surface area contributed by atoms with Crippen LogP contribution in [0, 0.1) is 19.8 Å². The molecule has 11 heteroatoms. The van der Waals surface area contributed by atoms with Gasteiger partial charge in [-0.2, -0.15) is 14.3 Å². The van der Waals surface area contributed by atoms with Crippen molar-refractivity contribution >= 4 is 44.6 Å². The van der Waals surface area contributed by atoms with E-state index in [1.165, 1.54) is 22.0 Å². The molecular weight excluding hydrogens is 476 g/mol. The molecule has 1 unspecified atom stereocenters. The molecule has 2 aromatic heterocycles. The molecule has 0 bridgehead atoms. The molecule has 3 amide bonds. The highest BCUT2D eigenvalue weighted by Crippen LogP contribution is 2.39. The second-order valence-electron chi connectivity index (χ2n) is 9.27. The van der Waals surface area contributed by atoms with Crippen molar-refractivity contribution < 1.29 is 27.1 Å². The van der Waals surface area contributed by atoms with E-state index >= 15 is 0 Å². The molecule has 0 saturated heterocycles. The minimum atomic E-state index is -3.87. The van der Waals surface area contributed by atoms with Crippen molar-refractivity contribution in [2.24, 2.45) is 5.92 Å². The minimum absolute atomic E-state index is 0.0296. The van der Waals surface area contributed by atoms with Gasteiger partial charge in [-0.3, -0.25) is 0 Å². The van der Waals surface area contributed by atoms with E-state index in [1.54, 1.807) is 26.1 Å². The highest BCUT2D eigenvalue weighted by atomic mass is 32.2. The molecule has 2 aliphatic carbocycles. The number of nitrogens with zero attached hydrogens (tertiary/aromatic N) is 3. The summed E-state index contributed by atoms with van der Waals surface area (Å²) in [6.45, 7) is 5.47. The van der Waals surface area contributed by atoms with Gasteiger partial charge in [0.25, 0.3) is 0 Å². The number of amides is 3. The van der Waals surface area contributed by atoms with Gasteiger partial charge >= 0.3 is 11.9 Å². The first-order chi connectivity index (χ1) is 16.0. The third-order valence-electron chi connectivity index (χ3n) is 6.29. The average molecular weight is 502 g/mol. The average Bonchev–Trinajstić information content (AvgIpc) is 3.13. The van der Waals surface area contributed by atoms with E-state index in [0.29, 0.717) is 22.7 Å². The number of urea groups is 1. The number of hydrogen-bond donors (Lipinski definition) is 1. The van der Waals surface area contributed by atoms with Crippen molar-refractivity contribution in [2.45, 2.75) is 45.7 Å². The van der Waals surface area contributed by atoms with Crippen molar-refractivity contribution in [1.29, 1.82) is 0 Å². The summed E-state index contributed by atoms with van der Waals surface area (Å²) in [5.74, 6) is -1.07. The van der Waals surface area contributed by atoms with Crippen LogP contribution in [0.4, 0.5) is 4.79 Å². The quantitative estimate of drug-likeness (QED) is 0.609. The molecule has 5 rings (SSSR count). The van der Waals surface area contributed by atoms with Crippen LogP contribution in [0.3, 0.4) is 0 Å². The number of hydrogen-bond acceptors (Lipinski definition) is 7.